The second kappa shape index (κ2) is 8.50. The number of nitrogens with one attached hydrogen (secondary N) is 2. The van der Waals surface area contributed by atoms with E-state index in [1.165, 1.54) is 18.4 Å². The monoisotopic (exact) mass is 481 g/mol. The van der Waals surface area contributed by atoms with Crippen LogP contribution in [0.15, 0.2) is 41.7 Å². The van der Waals surface area contributed by atoms with Gasteiger partial charge in [-0.25, -0.2) is 0 Å². The van der Waals surface area contributed by atoms with Gasteiger partial charge < -0.3 is 15.4 Å². The maximum Gasteiger partial charge on any atom is 0.191 e. The first-order valence-electron chi connectivity index (χ1n) is 9.40. The second-order valence-corrected chi connectivity index (χ2v) is 7.38. The number of aryl methyl sites for hydroxylation is 1. The molecule has 2 aliphatic rings. The third-order valence-electron chi connectivity index (χ3n) is 5.46. The van der Waals surface area contributed by atoms with Crippen molar-refractivity contribution >= 4 is 29.9 Å². The van der Waals surface area contributed by atoms with Crippen molar-refractivity contribution in [3.8, 4) is 5.75 Å². The Hall–Kier alpha value is -1.77. The van der Waals surface area contributed by atoms with E-state index in [4.69, 9.17) is 4.74 Å². The van der Waals surface area contributed by atoms with Crippen molar-refractivity contribution in [2.24, 2.45) is 12.0 Å². The van der Waals surface area contributed by atoms with Gasteiger partial charge in [0.2, 0.25) is 0 Å². The topological polar surface area (TPSA) is 63.5 Å². The van der Waals surface area contributed by atoms with Gasteiger partial charge in [0.05, 0.1) is 12.2 Å². The summed E-state index contributed by atoms with van der Waals surface area (Å²) in [7, 11) is 3.74. The minimum atomic E-state index is -0.0196. The first kappa shape index (κ1) is 20.0. The first-order valence-corrected chi connectivity index (χ1v) is 9.40. The summed E-state index contributed by atoms with van der Waals surface area (Å²) in [6.07, 6.45) is 9.65. The number of halogens is 1. The Morgan fingerprint density at radius 2 is 2.11 bits per heavy atom. The number of aliphatic imine (C=N–C) groups is 1. The summed E-state index contributed by atoms with van der Waals surface area (Å²) >= 11 is 0. The van der Waals surface area contributed by atoms with Gasteiger partial charge in [-0.05, 0) is 31.7 Å². The zero-order valence-corrected chi connectivity index (χ0v) is 18.3. The molecule has 1 atom stereocenters. The number of guanidine groups is 1. The normalized spacial score (nSPS) is 20.5. The number of nitrogens with zero attached hydrogens (tertiary/aromatic N) is 3. The van der Waals surface area contributed by atoms with E-state index in [2.05, 4.69) is 45.0 Å². The van der Waals surface area contributed by atoms with Crippen LogP contribution in [0.5, 0.6) is 5.75 Å². The summed E-state index contributed by atoms with van der Waals surface area (Å²) < 4.78 is 8.26. The molecule has 0 bridgehead atoms. The highest BCUT2D eigenvalue weighted by atomic mass is 127. The van der Waals surface area contributed by atoms with Gasteiger partial charge in [-0.1, -0.05) is 18.2 Å². The zero-order chi connectivity index (χ0) is 18.0. The zero-order valence-electron chi connectivity index (χ0n) is 15.9. The summed E-state index contributed by atoms with van der Waals surface area (Å²) in [4.78, 5) is 4.42. The molecule has 27 heavy (non-hydrogen) atoms. The predicted octanol–water partition coefficient (Wildman–Crippen LogP) is 3.54. The highest BCUT2D eigenvalue weighted by Gasteiger charge is 2.43. The van der Waals surface area contributed by atoms with Crippen LogP contribution in [0, 0.1) is 0 Å². The fourth-order valence-corrected chi connectivity index (χ4v) is 4.18. The quantitative estimate of drug-likeness (QED) is 0.400. The molecular weight excluding hydrogens is 453 g/mol. The Balaban J connectivity index is 0.00000210. The van der Waals surface area contributed by atoms with E-state index < -0.39 is 0 Å². The Morgan fingerprint density at radius 1 is 1.33 bits per heavy atom. The standard InChI is InChI=1S/C20H27N5O.HI/c1-21-19(22-12-15-13-23-25(2)14-15)24-17-11-20(9-5-6-10-20)26-18-8-4-3-7-16(17)18;/h3-4,7-8,13-14,17H,5-6,9-12H2,1-2H3,(H2,21,22,24);1H. The fraction of sp³-hybridized carbons (Fsp3) is 0.500. The Morgan fingerprint density at radius 3 is 2.81 bits per heavy atom. The van der Waals surface area contributed by atoms with E-state index in [0.29, 0.717) is 6.54 Å². The molecule has 2 heterocycles. The number of benzene rings is 1. The maximum absolute atomic E-state index is 6.45. The highest BCUT2D eigenvalue weighted by molar-refractivity contribution is 14.0. The molecule has 2 N–H and O–H groups in total. The van der Waals surface area contributed by atoms with Crippen molar-refractivity contribution in [3.05, 3.63) is 47.8 Å². The first-order chi connectivity index (χ1) is 12.7. The van der Waals surface area contributed by atoms with E-state index in [9.17, 15) is 0 Å². The molecule has 0 saturated heterocycles. The highest BCUT2D eigenvalue weighted by Crippen LogP contribution is 2.46. The van der Waals surface area contributed by atoms with Crippen molar-refractivity contribution < 1.29 is 4.74 Å². The molecule has 1 spiro atoms. The van der Waals surface area contributed by atoms with Crippen LogP contribution in [-0.2, 0) is 13.6 Å². The molecular formula is C20H28IN5O. The van der Waals surface area contributed by atoms with Crippen LogP contribution in [0.2, 0.25) is 0 Å². The lowest BCUT2D eigenvalue weighted by molar-refractivity contribution is 0.0396. The maximum atomic E-state index is 6.45. The minimum Gasteiger partial charge on any atom is -0.487 e. The smallest absolute Gasteiger partial charge is 0.191 e. The van der Waals surface area contributed by atoms with E-state index in [1.54, 1.807) is 0 Å². The molecule has 4 rings (SSSR count). The van der Waals surface area contributed by atoms with Crippen LogP contribution in [0.4, 0.5) is 0 Å². The van der Waals surface area contributed by atoms with Gasteiger partial charge >= 0.3 is 0 Å². The Kier molecular flexibility index (Phi) is 6.29. The molecule has 1 aromatic carbocycles. The van der Waals surface area contributed by atoms with Crippen LogP contribution in [0.25, 0.3) is 0 Å². The van der Waals surface area contributed by atoms with Crippen LogP contribution >= 0.6 is 24.0 Å². The lowest BCUT2D eigenvalue weighted by atomic mass is 9.86. The molecule has 1 aromatic heterocycles. The molecule has 6 nitrogen and oxygen atoms in total. The number of hydrogen-bond donors (Lipinski definition) is 2. The summed E-state index contributed by atoms with van der Waals surface area (Å²) in [6, 6.07) is 8.59. The van der Waals surface area contributed by atoms with Crippen molar-refractivity contribution in [2.75, 3.05) is 7.05 Å². The van der Waals surface area contributed by atoms with Crippen LogP contribution in [-0.4, -0.2) is 28.4 Å². The van der Waals surface area contributed by atoms with E-state index in [0.717, 1.165) is 36.5 Å². The van der Waals surface area contributed by atoms with Crippen molar-refractivity contribution in [1.82, 2.24) is 20.4 Å². The largest absolute Gasteiger partial charge is 0.487 e. The lowest BCUT2D eigenvalue weighted by Crippen LogP contribution is -2.46. The Bertz CT molecular complexity index is 797. The number of rotatable bonds is 3. The molecule has 1 fully saturated rings. The number of hydrogen-bond acceptors (Lipinski definition) is 3. The molecule has 1 unspecified atom stereocenters. The number of ether oxygens (including phenoxy) is 1. The van der Waals surface area contributed by atoms with Gasteiger partial charge in [-0.2, -0.15) is 5.10 Å². The molecule has 7 heteroatoms. The third-order valence-corrected chi connectivity index (χ3v) is 5.46. The number of aromatic nitrogens is 2. The van der Waals surface area contributed by atoms with Gasteiger partial charge in [0.25, 0.3) is 0 Å². The predicted molar refractivity (Wildman–Crippen MR) is 118 cm³/mol. The van der Waals surface area contributed by atoms with Gasteiger partial charge in [-0.3, -0.25) is 9.67 Å². The molecule has 0 amide bonds. The van der Waals surface area contributed by atoms with Gasteiger partial charge in [0.15, 0.2) is 5.96 Å². The summed E-state index contributed by atoms with van der Waals surface area (Å²) in [5.74, 6) is 1.82. The van der Waals surface area contributed by atoms with Crippen LogP contribution < -0.4 is 15.4 Å². The molecule has 0 radical (unpaired) electrons. The van der Waals surface area contributed by atoms with Gasteiger partial charge in [-0.15, -0.1) is 24.0 Å². The molecule has 1 aliphatic heterocycles. The molecule has 146 valence electrons. The van der Waals surface area contributed by atoms with E-state index in [1.807, 2.05) is 31.2 Å². The van der Waals surface area contributed by atoms with Crippen molar-refractivity contribution in [3.63, 3.8) is 0 Å². The number of fused-ring (bicyclic) bond motifs is 1. The fourth-order valence-electron chi connectivity index (χ4n) is 4.18. The molecule has 2 aromatic rings. The lowest BCUT2D eigenvalue weighted by Gasteiger charge is -2.40. The second-order valence-electron chi connectivity index (χ2n) is 7.38. The summed E-state index contributed by atoms with van der Waals surface area (Å²) in [6.45, 7) is 0.698. The average Bonchev–Trinajstić information content (AvgIpc) is 3.27. The summed E-state index contributed by atoms with van der Waals surface area (Å²) in [5.41, 5.74) is 2.33. The Labute approximate surface area is 177 Å². The number of para-hydroxylation sites is 1. The SMILES string of the molecule is CN=C(NCc1cnn(C)c1)NC1CC2(CCCC2)Oc2ccccc21.I. The van der Waals surface area contributed by atoms with Gasteiger partial charge in [0, 0.05) is 44.4 Å². The van der Waals surface area contributed by atoms with Gasteiger partial charge in [0.1, 0.15) is 11.4 Å². The van der Waals surface area contributed by atoms with Crippen LogP contribution in [0.3, 0.4) is 0 Å². The average molecular weight is 481 g/mol. The summed E-state index contributed by atoms with van der Waals surface area (Å²) in [5, 5.41) is 11.2. The third kappa shape index (κ3) is 4.39. The van der Waals surface area contributed by atoms with Crippen molar-refractivity contribution in [2.45, 2.75) is 50.3 Å². The minimum absolute atomic E-state index is 0. The van der Waals surface area contributed by atoms with Crippen LogP contribution in [0.1, 0.15) is 49.3 Å². The van der Waals surface area contributed by atoms with E-state index in [-0.39, 0.29) is 35.6 Å². The van der Waals surface area contributed by atoms with Crippen molar-refractivity contribution in [1.29, 1.82) is 0 Å². The molecule has 1 aliphatic carbocycles. The molecule has 1 saturated carbocycles. The van der Waals surface area contributed by atoms with E-state index >= 15 is 0 Å².